The lowest BCUT2D eigenvalue weighted by atomic mass is 9.95. The molecule has 7 rings (SSSR count). The highest BCUT2D eigenvalue weighted by Gasteiger charge is 2.38. The summed E-state index contributed by atoms with van der Waals surface area (Å²) in [5.74, 6) is -1.21. The van der Waals surface area contributed by atoms with Gasteiger partial charge in [0.05, 0.1) is 32.9 Å². The van der Waals surface area contributed by atoms with Gasteiger partial charge in [-0.15, -0.1) is 11.3 Å². The van der Waals surface area contributed by atoms with Gasteiger partial charge < -0.3 is 25.0 Å². The Kier molecular flexibility index (Phi) is 8.23. The molecule has 4 aromatic rings. The minimum Gasteiger partial charge on any atom is -0.489 e. The van der Waals surface area contributed by atoms with E-state index in [1.165, 1.54) is 12.1 Å². The molecule has 2 aromatic heterocycles. The Hall–Kier alpha value is -4.36. The van der Waals surface area contributed by atoms with Gasteiger partial charge in [0, 0.05) is 41.8 Å². The number of allylic oxidation sites excluding steroid dienone is 1. The quantitative estimate of drug-likeness (QED) is 0.228. The minimum atomic E-state index is -0.804. The second-order valence-corrected chi connectivity index (χ2v) is 14.2. The molecule has 2 aromatic carbocycles. The number of likely N-dealkylation sites (tertiary alicyclic amines) is 2. The number of anilines is 2. The predicted octanol–water partition coefficient (Wildman–Crippen LogP) is 7.04. The summed E-state index contributed by atoms with van der Waals surface area (Å²) in [6.45, 7) is 11.0. The van der Waals surface area contributed by atoms with Crippen LogP contribution in [0.1, 0.15) is 44.2 Å². The summed E-state index contributed by atoms with van der Waals surface area (Å²) >= 11 is 8.00. The molecule has 13 heteroatoms. The lowest BCUT2D eigenvalue weighted by Gasteiger charge is -2.32. The summed E-state index contributed by atoms with van der Waals surface area (Å²) in [5, 5.41) is 21.2. The van der Waals surface area contributed by atoms with E-state index in [2.05, 4.69) is 27.3 Å². The van der Waals surface area contributed by atoms with Gasteiger partial charge in [0.2, 0.25) is 5.88 Å². The smallest absolute Gasteiger partial charge is 0.234 e. The molecule has 9 nitrogen and oxygen atoms in total. The summed E-state index contributed by atoms with van der Waals surface area (Å²) in [6, 6.07) is 7.03. The fraction of sp³-hybridized carbons (Fsp3) is 0.400. The molecule has 0 radical (unpaired) electrons. The third-order valence-corrected chi connectivity index (χ3v) is 11.3. The third-order valence-electron chi connectivity index (χ3n) is 9.95. The number of fused-ring (bicyclic) bond motifs is 1. The van der Waals surface area contributed by atoms with Gasteiger partial charge in [-0.05, 0) is 58.3 Å². The number of pyridine rings is 1. The summed E-state index contributed by atoms with van der Waals surface area (Å²) in [4.78, 5) is 11.2. The van der Waals surface area contributed by atoms with E-state index < -0.39 is 11.6 Å². The number of nitrogen functional groups attached to an aromatic ring is 1. The van der Waals surface area contributed by atoms with Crippen LogP contribution in [-0.2, 0) is 0 Å². The average Bonchev–Trinajstić information content (AvgIpc) is 3.77. The van der Waals surface area contributed by atoms with E-state index in [-0.39, 0.29) is 89.7 Å². The molecular formula is C35H34ClF2N7O2S. The summed E-state index contributed by atoms with van der Waals surface area (Å²) in [7, 11) is 2.04. The lowest BCUT2D eigenvalue weighted by Crippen LogP contribution is -2.40. The van der Waals surface area contributed by atoms with Crippen LogP contribution < -0.4 is 20.1 Å². The van der Waals surface area contributed by atoms with Crippen LogP contribution in [0.15, 0.2) is 24.4 Å². The van der Waals surface area contributed by atoms with Gasteiger partial charge in [0.25, 0.3) is 0 Å². The van der Waals surface area contributed by atoms with E-state index in [0.717, 1.165) is 49.4 Å². The van der Waals surface area contributed by atoms with Gasteiger partial charge in [-0.2, -0.15) is 10.5 Å². The molecule has 5 heterocycles. The highest BCUT2D eigenvalue weighted by atomic mass is 35.5. The first-order chi connectivity index (χ1) is 23.0. The van der Waals surface area contributed by atoms with Crippen molar-refractivity contribution in [1.29, 1.82) is 10.5 Å². The van der Waals surface area contributed by atoms with Crippen LogP contribution in [0, 0.1) is 34.3 Å². The van der Waals surface area contributed by atoms with Gasteiger partial charge in [-0.25, -0.2) is 13.8 Å². The predicted molar refractivity (Wildman–Crippen MR) is 185 cm³/mol. The second-order valence-electron chi connectivity index (χ2n) is 12.7. The first-order valence-electron chi connectivity index (χ1n) is 15.9. The standard InChI is InChI=1S/C35H34ClF2N7O2S/c1-17(2)44-11-9-19(16-44)45-12-13-46-32-27-30(42-35(22(15-40)31(27)45)47-18(3)24-6-5-10-43(24)4)29(38)26(28(32)36)20-7-8-23(37)33-25(20)21(14-39)34(41)48-33/h7-8,18-19,24H,1,5-6,9-13,16,41H2,2-4H3/t18-,19?,24-/m0/s1. The molecule has 0 spiro atoms. The first-order valence-corrected chi connectivity index (χ1v) is 17.1. The molecule has 2 N–H and O–H groups in total. The van der Waals surface area contributed by atoms with Crippen LogP contribution in [0.3, 0.4) is 0 Å². The Morgan fingerprint density at radius 3 is 2.62 bits per heavy atom. The SMILES string of the molecule is C=C(C)N1CCC(N2CCOc3c(Cl)c(-c4ccc(F)c5sc(N)c(C#N)c45)c(F)c4nc(O[C@@H](C)[C@@H]5CCCN5C)c(C#N)c2c34)C1. The van der Waals surface area contributed by atoms with Crippen molar-refractivity contribution in [2.24, 2.45) is 0 Å². The highest BCUT2D eigenvalue weighted by molar-refractivity contribution is 7.23. The number of ether oxygens (including phenoxy) is 2. The molecule has 1 unspecified atom stereocenters. The van der Waals surface area contributed by atoms with Crippen molar-refractivity contribution in [3.63, 3.8) is 0 Å². The number of benzene rings is 2. The maximum absolute atomic E-state index is 17.3. The molecule has 3 atom stereocenters. The Bertz CT molecular complexity index is 2090. The van der Waals surface area contributed by atoms with Crippen LogP contribution in [0.4, 0.5) is 19.5 Å². The number of halogens is 3. The van der Waals surface area contributed by atoms with E-state index in [1.807, 2.05) is 27.0 Å². The molecule has 2 saturated heterocycles. The van der Waals surface area contributed by atoms with E-state index in [4.69, 9.17) is 31.8 Å². The van der Waals surface area contributed by atoms with Gasteiger partial charge >= 0.3 is 0 Å². The van der Waals surface area contributed by atoms with Crippen molar-refractivity contribution >= 4 is 54.6 Å². The Morgan fingerprint density at radius 2 is 1.96 bits per heavy atom. The zero-order chi connectivity index (χ0) is 34.0. The lowest BCUT2D eigenvalue weighted by molar-refractivity contribution is 0.117. The van der Waals surface area contributed by atoms with Gasteiger partial charge in [-0.1, -0.05) is 24.2 Å². The monoisotopic (exact) mass is 689 g/mol. The topological polar surface area (TPSA) is 115 Å². The van der Waals surface area contributed by atoms with Crippen molar-refractivity contribution in [2.45, 2.75) is 51.3 Å². The summed E-state index contributed by atoms with van der Waals surface area (Å²) < 4.78 is 45.3. The van der Waals surface area contributed by atoms with Gasteiger partial charge in [0.1, 0.15) is 52.5 Å². The minimum absolute atomic E-state index is 0.0225. The molecule has 0 aliphatic carbocycles. The molecule has 248 valence electrons. The second kappa shape index (κ2) is 12.3. The van der Waals surface area contributed by atoms with E-state index >= 15 is 8.78 Å². The van der Waals surface area contributed by atoms with Crippen molar-refractivity contribution in [3.8, 4) is 34.9 Å². The third kappa shape index (κ3) is 4.97. The maximum atomic E-state index is 17.3. The number of aromatic nitrogens is 1. The number of nitrogens with zero attached hydrogens (tertiary/aromatic N) is 6. The molecule has 0 bridgehead atoms. The van der Waals surface area contributed by atoms with E-state index in [9.17, 15) is 10.5 Å². The van der Waals surface area contributed by atoms with Crippen LogP contribution in [0.5, 0.6) is 11.6 Å². The van der Waals surface area contributed by atoms with Crippen molar-refractivity contribution in [1.82, 2.24) is 14.8 Å². The van der Waals surface area contributed by atoms with E-state index in [1.54, 1.807) is 0 Å². The van der Waals surface area contributed by atoms with Crippen molar-refractivity contribution in [2.75, 3.05) is 50.5 Å². The number of hydrogen-bond donors (Lipinski definition) is 1. The Morgan fingerprint density at radius 1 is 1.19 bits per heavy atom. The first kappa shape index (κ1) is 32.2. The number of hydrogen-bond acceptors (Lipinski definition) is 10. The number of nitriles is 2. The van der Waals surface area contributed by atoms with Crippen molar-refractivity contribution in [3.05, 3.63) is 52.2 Å². The molecule has 48 heavy (non-hydrogen) atoms. The van der Waals surface area contributed by atoms with Gasteiger partial charge in [0.15, 0.2) is 5.82 Å². The molecule has 0 saturated carbocycles. The summed E-state index contributed by atoms with van der Waals surface area (Å²) in [5.41, 5.74) is 7.72. The molecule has 2 fully saturated rings. The van der Waals surface area contributed by atoms with Crippen LogP contribution >= 0.6 is 22.9 Å². The zero-order valence-electron chi connectivity index (χ0n) is 26.9. The van der Waals surface area contributed by atoms with Crippen LogP contribution in [0.25, 0.3) is 32.1 Å². The highest BCUT2D eigenvalue weighted by Crippen LogP contribution is 2.52. The number of rotatable bonds is 6. The number of thiophene rings is 1. The Labute approximate surface area is 286 Å². The molecular weight excluding hydrogens is 656 g/mol. The molecule has 3 aliphatic heterocycles. The fourth-order valence-electron chi connectivity index (χ4n) is 7.57. The van der Waals surface area contributed by atoms with E-state index in [0.29, 0.717) is 18.8 Å². The normalized spacial score (nSPS) is 20.1. The summed E-state index contributed by atoms with van der Waals surface area (Å²) in [6.07, 6.45) is 2.38. The van der Waals surface area contributed by atoms with Crippen molar-refractivity contribution < 1.29 is 18.3 Å². The maximum Gasteiger partial charge on any atom is 0.234 e. The van der Waals surface area contributed by atoms with Crippen LogP contribution in [0.2, 0.25) is 5.02 Å². The largest absolute Gasteiger partial charge is 0.489 e. The fourth-order valence-corrected chi connectivity index (χ4v) is 8.85. The zero-order valence-corrected chi connectivity index (χ0v) is 28.4. The average molecular weight is 690 g/mol. The number of likely N-dealkylation sites (N-methyl/N-ethyl adjacent to an activating group) is 1. The van der Waals surface area contributed by atoms with Crippen LogP contribution in [-0.4, -0.2) is 72.8 Å². The number of nitrogens with two attached hydrogens (primary N) is 1. The molecule has 3 aliphatic rings. The molecule has 0 amide bonds. The van der Waals surface area contributed by atoms with Gasteiger partial charge in [-0.3, -0.25) is 4.90 Å². The Balaban J connectivity index is 1.52.